The maximum Gasteiger partial charge on any atom is 0.251 e. The van der Waals surface area contributed by atoms with Crippen LogP contribution in [0.25, 0.3) is 5.65 Å². The van der Waals surface area contributed by atoms with Crippen LogP contribution in [-0.2, 0) is 0 Å². The summed E-state index contributed by atoms with van der Waals surface area (Å²) in [7, 11) is 1.57. The standard InChI is InChI=1S/C17H18N6O3/c1-26-14-6-12(8-18-9-14)16(11-4-13(24)5-11)19-17(25)10-2-3-23-15(7-10)20-21-22-23/h2-3,6-9,11,13,16,24H,4-5H2,1H3,(H,19,25)/t11?,13?,16-/m0/s1. The lowest BCUT2D eigenvalue weighted by Crippen LogP contribution is -2.41. The molecule has 3 aromatic heterocycles. The number of fused-ring (bicyclic) bond motifs is 1. The summed E-state index contributed by atoms with van der Waals surface area (Å²) in [5.41, 5.74) is 1.81. The Balaban J connectivity index is 1.60. The summed E-state index contributed by atoms with van der Waals surface area (Å²) in [6.07, 6.45) is 5.91. The number of carbonyl (C=O) groups is 1. The van der Waals surface area contributed by atoms with Crippen molar-refractivity contribution in [2.75, 3.05) is 7.11 Å². The van der Waals surface area contributed by atoms with Gasteiger partial charge >= 0.3 is 0 Å². The second kappa shape index (κ2) is 6.68. The summed E-state index contributed by atoms with van der Waals surface area (Å²) in [4.78, 5) is 17.0. The number of hydrogen-bond acceptors (Lipinski definition) is 7. The van der Waals surface area contributed by atoms with Gasteiger partial charge < -0.3 is 15.2 Å². The summed E-state index contributed by atoms with van der Waals surface area (Å²) in [5, 5.41) is 23.9. The molecule has 1 aliphatic carbocycles. The number of carbonyl (C=O) groups excluding carboxylic acids is 1. The smallest absolute Gasteiger partial charge is 0.251 e. The molecule has 1 saturated carbocycles. The van der Waals surface area contributed by atoms with Gasteiger partial charge in [0.15, 0.2) is 5.65 Å². The number of amides is 1. The van der Waals surface area contributed by atoms with Gasteiger partial charge in [0.05, 0.1) is 25.5 Å². The van der Waals surface area contributed by atoms with E-state index >= 15 is 0 Å². The van der Waals surface area contributed by atoms with Gasteiger partial charge in [-0.05, 0) is 52.9 Å². The summed E-state index contributed by atoms with van der Waals surface area (Å²) < 4.78 is 6.73. The third-order valence-corrected chi connectivity index (χ3v) is 4.70. The second-order valence-corrected chi connectivity index (χ2v) is 6.39. The van der Waals surface area contributed by atoms with E-state index in [-0.39, 0.29) is 24.0 Å². The molecule has 0 aliphatic heterocycles. The minimum absolute atomic E-state index is 0.140. The van der Waals surface area contributed by atoms with Crippen molar-refractivity contribution in [1.29, 1.82) is 0 Å². The molecule has 3 heterocycles. The maximum absolute atomic E-state index is 12.8. The van der Waals surface area contributed by atoms with Crippen LogP contribution in [0.1, 0.15) is 34.8 Å². The van der Waals surface area contributed by atoms with E-state index in [0.717, 1.165) is 5.56 Å². The van der Waals surface area contributed by atoms with Crippen LogP contribution in [0.5, 0.6) is 5.75 Å². The van der Waals surface area contributed by atoms with Crippen molar-refractivity contribution in [3.8, 4) is 5.75 Å². The summed E-state index contributed by atoms with van der Waals surface area (Å²) in [6, 6.07) is 4.88. The SMILES string of the molecule is COc1cncc([C@@H](NC(=O)c2ccn3nnnc3c2)C2CC(O)C2)c1. The molecular weight excluding hydrogens is 336 g/mol. The molecular formula is C17H18N6O3. The molecule has 0 bridgehead atoms. The van der Waals surface area contributed by atoms with Crippen molar-refractivity contribution in [2.24, 2.45) is 5.92 Å². The van der Waals surface area contributed by atoms with Gasteiger partial charge in [-0.15, -0.1) is 5.10 Å². The first-order chi connectivity index (χ1) is 12.6. The zero-order valence-electron chi connectivity index (χ0n) is 14.1. The third kappa shape index (κ3) is 3.08. The predicted octanol–water partition coefficient (Wildman–Crippen LogP) is 0.770. The molecule has 0 spiro atoms. The number of tetrazole rings is 1. The van der Waals surface area contributed by atoms with Gasteiger partial charge in [0.1, 0.15) is 5.75 Å². The Labute approximate surface area is 149 Å². The normalized spacial score (nSPS) is 20.4. The van der Waals surface area contributed by atoms with Crippen LogP contribution in [0.3, 0.4) is 0 Å². The minimum atomic E-state index is -0.323. The van der Waals surface area contributed by atoms with Crippen LogP contribution < -0.4 is 10.1 Å². The van der Waals surface area contributed by atoms with Gasteiger partial charge in [-0.3, -0.25) is 9.78 Å². The van der Waals surface area contributed by atoms with Crippen molar-refractivity contribution in [3.05, 3.63) is 47.9 Å². The number of nitrogens with one attached hydrogen (secondary N) is 1. The zero-order valence-corrected chi connectivity index (χ0v) is 14.1. The number of pyridine rings is 2. The van der Waals surface area contributed by atoms with Crippen molar-refractivity contribution in [2.45, 2.75) is 25.0 Å². The van der Waals surface area contributed by atoms with Gasteiger partial charge in [0.2, 0.25) is 0 Å². The van der Waals surface area contributed by atoms with Crippen molar-refractivity contribution in [3.63, 3.8) is 0 Å². The molecule has 9 heteroatoms. The fourth-order valence-electron chi connectivity index (χ4n) is 3.20. The molecule has 0 saturated heterocycles. The van der Waals surface area contributed by atoms with Crippen molar-refractivity contribution >= 4 is 11.6 Å². The Bertz CT molecular complexity index is 937. The molecule has 3 aromatic rings. The van der Waals surface area contributed by atoms with Crippen LogP contribution in [-0.4, -0.2) is 49.3 Å². The summed E-state index contributed by atoms with van der Waals surface area (Å²) in [5.74, 6) is 0.531. The van der Waals surface area contributed by atoms with E-state index in [2.05, 4.69) is 25.8 Å². The average Bonchev–Trinajstić information content (AvgIpc) is 3.11. The van der Waals surface area contributed by atoms with Gasteiger partial charge in [-0.2, -0.15) is 0 Å². The first-order valence-electron chi connectivity index (χ1n) is 8.29. The van der Waals surface area contributed by atoms with Crippen LogP contribution in [0.4, 0.5) is 0 Å². The first-order valence-corrected chi connectivity index (χ1v) is 8.29. The van der Waals surface area contributed by atoms with Crippen LogP contribution >= 0.6 is 0 Å². The molecule has 0 radical (unpaired) electrons. The number of ether oxygens (including phenoxy) is 1. The van der Waals surface area contributed by atoms with Gasteiger partial charge in [0.25, 0.3) is 5.91 Å². The molecule has 9 nitrogen and oxygen atoms in total. The number of nitrogens with zero attached hydrogens (tertiary/aromatic N) is 5. The highest BCUT2D eigenvalue weighted by Crippen LogP contribution is 2.38. The Hall–Kier alpha value is -3.07. The van der Waals surface area contributed by atoms with E-state index in [4.69, 9.17) is 4.74 Å². The molecule has 0 unspecified atom stereocenters. The van der Waals surface area contributed by atoms with Crippen LogP contribution in [0.2, 0.25) is 0 Å². The Morgan fingerprint density at radius 1 is 1.38 bits per heavy atom. The average molecular weight is 354 g/mol. The van der Waals surface area contributed by atoms with Crippen molar-refractivity contribution in [1.82, 2.24) is 30.3 Å². The Kier molecular flexibility index (Phi) is 4.21. The largest absolute Gasteiger partial charge is 0.495 e. The van der Waals surface area contributed by atoms with E-state index in [0.29, 0.717) is 29.8 Å². The number of aliphatic hydroxyl groups excluding tert-OH is 1. The lowest BCUT2D eigenvalue weighted by Gasteiger charge is -2.38. The fraction of sp³-hybridized carbons (Fsp3) is 0.353. The first kappa shape index (κ1) is 16.4. The van der Waals surface area contributed by atoms with E-state index in [1.807, 2.05) is 6.07 Å². The van der Waals surface area contributed by atoms with E-state index in [1.165, 1.54) is 4.52 Å². The summed E-state index contributed by atoms with van der Waals surface area (Å²) in [6.45, 7) is 0. The molecule has 1 aliphatic rings. The van der Waals surface area contributed by atoms with Gasteiger partial charge in [-0.25, -0.2) is 4.52 Å². The number of hydrogen-bond donors (Lipinski definition) is 2. The number of rotatable bonds is 5. The maximum atomic E-state index is 12.8. The highest BCUT2D eigenvalue weighted by atomic mass is 16.5. The Morgan fingerprint density at radius 3 is 3.00 bits per heavy atom. The molecule has 1 amide bonds. The molecule has 1 atom stereocenters. The van der Waals surface area contributed by atoms with E-state index in [1.54, 1.807) is 37.8 Å². The van der Waals surface area contributed by atoms with Gasteiger partial charge in [0, 0.05) is 18.0 Å². The molecule has 134 valence electrons. The van der Waals surface area contributed by atoms with Gasteiger partial charge in [-0.1, -0.05) is 0 Å². The topological polar surface area (TPSA) is 115 Å². The van der Waals surface area contributed by atoms with E-state index < -0.39 is 0 Å². The zero-order chi connectivity index (χ0) is 18.1. The molecule has 4 rings (SSSR count). The third-order valence-electron chi connectivity index (χ3n) is 4.70. The van der Waals surface area contributed by atoms with Crippen molar-refractivity contribution < 1.29 is 14.6 Å². The minimum Gasteiger partial charge on any atom is -0.495 e. The molecule has 1 fully saturated rings. The predicted molar refractivity (Wildman–Crippen MR) is 90.5 cm³/mol. The lowest BCUT2D eigenvalue weighted by molar-refractivity contribution is 0.0234. The number of aliphatic hydroxyl groups is 1. The summed E-state index contributed by atoms with van der Waals surface area (Å²) >= 11 is 0. The molecule has 0 aromatic carbocycles. The number of methoxy groups -OCH3 is 1. The second-order valence-electron chi connectivity index (χ2n) is 6.39. The monoisotopic (exact) mass is 354 g/mol. The van der Waals surface area contributed by atoms with E-state index in [9.17, 15) is 9.90 Å². The number of aromatic nitrogens is 5. The molecule has 2 N–H and O–H groups in total. The molecule has 26 heavy (non-hydrogen) atoms. The quantitative estimate of drug-likeness (QED) is 0.695. The lowest BCUT2D eigenvalue weighted by atomic mass is 9.75. The Morgan fingerprint density at radius 2 is 2.23 bits per heavy atom. The fourth-order valence-corrected chi connectivity index (χ4v) is 3.20. The highest BCUT2D eigenvalue weighted by molar-refractivity contribution is 5.95. The van der Waals surface area contributed by atoms with Crippen LogP contribution in [0, 0.1) is 5.92 Å². The highest BCUT2D eigenvalue weighted by Gasteiger charge is 2.36. The van der Waals surface area contributed by atoms with Crippen LogP contribution in [0.15, 0.2) is 36.8 Å².